The fraction of sp³-hybridized carbons (Fsp3) is 0.469. The molecule has 0 aliphatic carbocycles. The molecular formula is C64H83NO7Si. The maximum atomic E-state index is 14.1. The summed E-state index contributed by atoms with van der Waals surface area (Å²) in [6, 6.07) is 49.7. The van der Waals surface area contributed by atoms with Gasteiger partial charge in [-0.05, 0) is 100 Å². The van der Waals surface area contributed by atoms with E-state index in [-0.39, 0.29) is 43.2 Å². The molecule has 8 nitrogen and oxygen atoms in total. The van der Waals surface area contributed by atoms with E-state index in [1.54, 1.807) is 0 Å². The summed E-state index contributed by atoms with van der Waals surface area (Å²) in [5, 5.41) is 8.38. The van der Waals surface area contributed by atoms with Crippen LogP contribution in [-0.2, 0) is 59.0 Å². The highest BCUT2D eigenvalue weighted by Crippen LogP contribution is 2.38. The lowest BCUT2D eigenvalue weighted by atomic mass is 9.95. The number of rotatable bonds is 29. The number of amides is 1. The van der Waals surface area contributed by atoms with Gasteiger partial charge in [-0.3, -0.25) is 9.59 Å². The van der Waals surface area contributed by atoms with Gasteiger partial charge >= 0.3 is 5.97 Å². The molecule has 0 unspecified atom stereocenters. The van der Waals surface area contributed by atoms with Crippen LogP contribution < -0.4 is 5.32 Å². The molecule has 0 spiro atoms. The molecule has 7 rings (SSSR count). The highest BCUT2D eigenvalue weighted by atomic mass is 28.4. The number of esters is 1. The average molecular weight is 1010 g/mol. The molecule has 1 saturated heterocycles. The third-order valence-electron chi connectivity index (χ3n) is 15.0. The molecule has 5 atom stereocenters. The van der Waals surface area contributed by atoms with Crippen LogP contribution >= 0.6 is 0 Å². The fourth-order valence-electron chi connectivity index (χ4n) is 9.59. The predicted molar refractivity (Wildman–Crippen MR) is 300 cm³/mol. The van der Waals surface area contributed by atoms with Gasteiger partial charge in [0.25, 0.3) is 0 Å². The van der Waals surface area contributed by atoms with Crippen LogP contribution in [0, 0.1) is 0 Å². The Balaban J connectivity index is 0.990. The summed E-state index contributed by atoms with van der Waals surface area (Å²) >= 11 is 0. The first kappa shape index (κ1) is 55.6. The smallest absolute Gasteiger partial charge is 0.306 e. The van der Waals surface area contributed by atoms with E-state index in [4.69, 9.17) is 23.4 Å². The Bertz CT molecular complexity index is 2580. The van der Waals surface area contributed by atoms with Gasteiger partial charge in [0.2, 0.25) is 5.91 Å². The van der Waals surface area contributed by atoms with E-state index in [1.807, 2.05) is 60.7 Å². The Labute approximate surface area is 438 Å². The number of aryl methyl sites for hydroxylation is 2. The first-order chi connectivity index (χ1) is 35.4. The summed E-state index contributed by atoms with van der Waals surface area (Å²) in [6.07, 6.45) is 11.8. The van der Waals surface area contributed by atoms with Crippen molar-refractivity contribution in [3.05, 3.63) is 168 Å². The Kier molecular flexibility index (Phi) is 21.7. The number of benzene rings is 6. The van der Waals surface area contributed by atoms with Gasteiger partial charge in [0, 0.05) is 12.8 Å². The van der Waals surface area contributed by atoms with Gasteiger partial charge in [0.05, 0.1) is 19.8 Å². The van der Waals surface area contributed by atoms with Crippen molar-refractivity contribution in [3.8, 4) is 0 Å². The maximum Gasteiger partial charge on any atom is 0.306 e. The standard InChI is InChI=1S/C64H83NO7Si/c1-64(2,3)73(4,5)70-48-57-61(68-46-51-30-18-14-19-31-51)62(72-59(67)39-23-13-9-7-11-17-29-50-41-43-54-35-25-27-37-56(54)45-50)60(63(71-57)69-47-52-32-20-15-21-33-52)65-58(66)38-22-12-8-6-10-16-28-49-40-42-53-34-24-26-36-55(53)44-49/h14-15,18-21,24-27,30-37,40-45,57,60-63H,6-13,16-17,22-23,28-29,38-39,46-48H2,1-5H3,(H,65,66)/t57-,60+,61-,62-,63+/m1/s1. The van der Waals surface area contributed by atoms with Gasteiger partial charge in [0.1, 0.15) is 18.2 Å². The average Bonchev–Trinajstić information content (AvgIpc) is 3.39. The molecule has 1 fully saturated rings. The van der Waals surface area contributed by atoms with Gasteiger partial charge < -0.3 is 28.7 Å². The van der Waals surface area contributed by atoms with Crippen molar-refractivity contribution in [1.29, 1.82) is 0 Å². The second kappa shape index (κ2) is 28.5. The lowest BCUT2D eigenvalue weighted by Gasteiger charge is -2.47. The van der Waals surface area contributed by atoms with Crippen LogP contribution in [0.3, 0.4) is 0 Å². The third kappa shape index (κ3) is 17.7. The topological polar surface area (TPSA) is 92.3 Å². The number of fused-ring (bicyclic) bond motifs is 2. The maximum absolute atomic E-state index is 14.1. The largest absolute Gasteiger partial charge is 0.457 e. The Morgan fingerprint density at radius 2 is 0.986 bits per heavy atom. The number of carbonyl (C=O) groups is 2. The molecule has 6 aromatic carbocycles. The molecule has 390 valence electrons. The van der Waals surface area contributed by atoms with E-state index in [1.165, 1.54) is 32.7 Å². The van der Waals surface area contributed by atoms with E-state index in [0.29, 0.717) is 12.8 Å². The van der Waals surface area contributed by atoms with E-state index < -0.39 is 39.0 Å². The van der Waals surface area contributed by atoms with Gasteiger partial charge in [-0.15, -0.1) is 0 Å². The molecule has 1 aliphatic rings. The highest BCUT2D eigenvalue weighted by molar-refractivity contribution is 6.74. The van der Waals surface area contributed by atoms with Crippen molar-refractivity contribution in [2.45, 2.75) is 185 Å². The zero-order valence-electron chi connectivity index (χ0n) is 44.5. The van der Waals surface area contributed by atoms with Crippen molar-refractivity contribution in [2.24, 2.45) is 0 Å². The van der Waals surface area contributed by atoms with Crippen LogP contribution in [-0.4, -0.2) is 57.4 Å². The normalized spacial score (nSPS) is 18.2. The highest BCUT2D eigenvalue weighted by Gasteiger charge is 2.51. The summed E-state index contributed by atoms with van der Waals surface area (Å²) in [5.41, 5.74) is 4.71. The molecule has 1 heterocycles. The fourth-order valence-corrected chi connectivity index (χ4v) is 10.6. The minimum absolute atomic E-state index is 0.0528. The van der Waals surface area contributed by atoms with E-state index in [0.717, 1.165) is 94.6 Å². The van der Waals surface area contributed by atoms with Crippen LogP contribution in [0.2, 0.25) is 18.1 Å². The van der Waals surface area contributed by atoms with Crippen molar-refractivity contribution in [2.75, 3.05) is 6.61 Å². The van der Waals surface area contributed by atoms with Crippen LogP contribution in [0.15, 0.2) is 146 Å². The zero-order valence-corrected chi connectivity index (χ0v) is 45.5. The van der Waals surface area contributed by atoms with Crippen LogP contribution in [0.25, 0.3) is 21.5 Å². The van der Waals surface area contributed by atoms with Crippen LogP contribution in [0.4, 0.5) is 0 Å². The molecular weight excluding hydrogens is 923 g/mol. The number of unbranched alkanes of at least 4 members (excludes halogenated alkanes) is 10. The molecule has 6 aromatic rings. The van der Waals surface area contributed by atoms with Gasteiger partial charge in [-0.1, -0.05) is 218 Å². The number of hydrogen-bond acceptors (Lipinski definition) is 7. The predicted octanol–water partition coefficient (Wildman–Crippen LogP) is 15.2. The summed E-state index contributed by atoms with van der Waals surface area (Å²) < 4.78 is 33.8. The van der Waals surface area contributed by atoms with Crippen molar-refractivity contribution in [1.82, 2.24) is 5.32 Å². The monoisotopic (exact) mass is 1010 g/mol. The van der Waals surface area contributed by atoms with E-state index in [9.17, 15) is 9.59 Å². The van der Waals surface area contributed by atoms with Gasteiger partial charge in [-0.25, -0.2) is 0 Å². The number of hydrogen-bond donors (Lipinski definition) is 1. The molecule has 1 aliphatic heterocycles. The van der Waals surface area contributed by atoms with Crippen LogP contribution in [0.1, 0.15) is 133 Å². The van der Waals surface area contributed by atoms with Gasteiger partial charge in [0.15, 0.2) is 20.7 Å². The van der Waals surface area contributed by atoms with E-state index in [2.05, 4.69) is 124 Å². The molecule has 0 saturated carbocycles. The van der Waals surface area contributed by atoms with Crippen LogP contribution in [0.5, 0.6) is 0 Å². The zero-order chi connectivity index (χ0) is 51.3. The third-order valence-corrected chi connectivity index (χ3v) is 19.5. The molecule has 9 heteroatoms. The summed E-state index contributed by atoms with van der Waals surface area (Å²) in [7, 11) is -2.27. The number of carbonyl (C=O) groups excluding carboxylic acids is 2. The molecule has 0 bridgehead atoms. The SMILES string of the molecule is CC(C)(C)[Si](C)(C)OC[C@H]1O[C@H](OCc2ccccc2)[C@@H](NC(=O)CCCCCCCCc2ccc3ccccc3c2)[C@@H](OC(=O)CCCCCCCCc2ccc3ccccc3c2)[C@@H]1OCc1ccccc1. The Morgan fingerprint density at radius 3 is 1.52 bits per heavy atom. The second-order valence-electron chi connectivity index (χ2n) is 21.8. The number of ether oxygens (including phenoxy) is 4. The minimum atomic E-state index is -2.27. The second-order valence-corrected chi connectivity index (χ2v) is 26.6. The molecule has 1 amide bonds. The van der Waals surface area contributed by atoms with Gasteiger partial charge in [-0.2, -0.15) is 0 Å². The quantitative estimate of drug-likeness (QED) is 0.0284. The first-order valence-corrected chi connectivity index (χ1v) is 30.4. The molecule has 73 heavy (non-hydrogen) atoms. The van der Waals surface area contributed by atoms with E-state index >= 15 is 0 Å². The summed E-state index contributed by atoms with van der Waals surface area (Å²) in [6.45, 7) is 11.8. The number of nitrogens with one attached hydrogen (secondary N) is 1. The van der Waals surface area contributed by atoms with Crippen molar-refractivity contribution >= 4 is 41.7 Å². The summed E-state index contributed by atoms with van der Waals surface area (Å²) in [5.74, 6) is -0.445. The lowest BCUT2D eigenvalue weighted by molar-refractivity contribution is -0.285. The Hall–Kier alpha value is -5.16. The Morgan fingerprint density at radius 1 is 0.521 bits per heavy atom. The first-order valence-electron chi connectivity index (χ1n) is 27.5. The molecule has 0 aromatic heterocycles. The molecule has 0 radical (unpaired) electrons. The molecule has 1 N–H and O–H groups in total. The lowest BCUT2D eigenvalue weighted by Crippen LogP contribution is -2.66. The minimum Gasteiger partial charge on any atom is -0.457 e. The summed E-state index contributed by atoms with van der Waals surface area (Å²) in [4.78, 5) is 28.3. The van der Waals surface area contributed by atoms with Crippen molar-refractivity contribution in [3.63, 3.8) is 0 Å². The van der Waals surface area contributed by atoms with Crippen molar-refractivity contribution < 1.29 is 33.0 Å².